The molecular weight excluding hydrogens is 341 g/mol. The smallest absolute Gasteiger partial charge is 0.191 e. The minimum Gasteiger partial charge on any atom is -0.357 e. The van der Waals surface area contributed by atoms with Crippen molar-refractivity contribution in [2.45, 2.75) is 19.9 Å². The van der Waals surface area contributed by atoms with Gasteiger partial charge in [0.15, 0.2) is 5.96 Å². The molecule has 1 aromatic heterocycles. The Bertz CT molecular complexity index is 857. The molecule has 0 unspecified atom stereocenters. The Balaban J connectivity index is 1.58. The van der Waals surface area contributed by atoms with Crippen LogP contribution >= 0.6 is 0 Å². The number of aliphatic imine (C=N–C) groups is 1. The van der Waals surface area contributed by atoms with Crippen molar-refractivity contribution in [3.63, 3.8) is 0 Å². The molecule has 0 aliphatic heterocycles. The van der Waals surface area contributed by atoms with E-state index >= 15 is 0 Å². The van der Waals surface area contributed by atoms with Crippen LogP contribution in [0.4, 0.5) is 4.39 Å². The summed E-state index contributed by atoms with van der Waals surface area (Å²) in [6.45, 7) is 4.12. The summed E-state index contributed by atoms with van der Waals surface area (Å²) in [7, 11) is 0. The molecule has 0 spiro atoms. The van der Waals surface area contributed by atoms with Gasteiger partial charge in [-0.1, -0.05) is 24.3 Å². The van der Waals surface area contributed by atoms with E-state index in [9.17, 15) is 4.39 Å². The van der Waals surface area contributed by atoms with Crippen LogP contribution in [0.1, 0.15) is 18.1 Å². The number of hydrogen-bond acceptors (Lipinski definition) is 2. The molecule has 0 radical (unpaired) electrons. The van der Waals surface area contributed by atoms with E-state index < -0.39 is 0 Å². The van der Waals surface area contributed by atoms with Crippen molar-refractivity contribution < 1.29 is 4.39 Å². The number of guanidine groups is 1. The molecule has 3 aromatic rings. The Morgan fingerprint density at radius 2 is 1.93 bits per heavy atom. The summed E-state index contributed by atoms with van der Waals surface area (Å²) in [5.74, 6) is 0.558. The predicted octanol–water partition coefficient (Wildman–Crippen LogP) is 3.31. The van der Waals surface area contributed by atoms with E-state index in [2.05, 4.69) is 32.9 Å². The maximum absolute atomic E-state index is 13.0. The molecule has 5 nitrogen and oxygen atoms in total. The fraction of sp³-hybridized carbons (Fsp3) is 0.238. The Morgan fingerprint density at radius 3 is 2.67 bits per heavy atom. The van der Waals surface area contributed by atoms with Crippen molar-refractivity contribution in [3.8, 4) is 5.69 Å². The fourth-order valence-electron chi connectivity index (χ4n) is 2.71. The van der Waals surface area contributed by atoms with E-state index in [1.807, 2.05) is 48.1 Å². The molecule has 2 N–H and O–H groups in total. The van der Waals surface area contributed by atoms with Gasteiger partial charge in [0.2, 0.25) is 0 Å². The molecule has 0 aliphatic rings. The molecule has 0 aliphatic carbocycles. The number of aromatic nitrogens is 2. The molecule has 140 valence electrons. The van der Waals surface area contributed by atoms with Crippen LogP contribution in [-0.2, 0) is 13.0 Å². The molecule has 0 saturated heterocycles. The van der Waals surface area contributed by atoms with Gasteiger partial charge < -0.3 is 10.6 Å². The van der Waals surface area contributed by atoms with Gasteiger partial charge in [0.25, 0.3) is 0 Å². The monoisotopic (exact) mass is 365 g/mol. The van der Waals surface area contributed by atoms with Gasteiger partial charge in [0.1, 0.15) is 5.82 Å². The highest BCUT2D eigenvalue weighted by molar-refractivity contribution is 5.79. The highest BCUT2D eigenvalue weighted by Gasteiger charge is 2.01. The van der Waals surface area contributed by atoms with Crippen LogP contribution in [0.25, 0.3) is 5.69 Å². The van der Waals surface area contributed by atoms with Crippen molar-refractivity contribution in [2.24, 2.45) is 4.99 Å². The van der Waals surface area contributed by atoms with Gasteiger partial charge in [-0.25, -0.2) is 14.1 Å². The topological polar surface area (TPSA) is 54.2 Å². The van der Waals surface area contributed by atoms with Crippen molar-refractivity contribution in [1.29, 1.82) is 0 Å². The van der Waals surface area contributed by atoms with Gasteiger partial charge in [-0.15, -0.1) is 0 Å². The zero-order chi connectivity index (χ0) is 18.9. The normalized spacial score (nSPS) is 11.4. The molecule has 1 heterocycles. The summed E-state index contributed by atoms with van der Waals surface area (Å²) >= 11 is 0. The molecule has 3 rings (SSSR count). The average molecular weight is 365 g/mol. The first-order chi connectivity index (χ1) is 13.2. The van der Waals surface area contributed by atoms with Crippen LogP contribution in [0, 0.1) is 5.82 Å². The Kier molecular flexibility index (Phi) is 6.57. The van der Waals surface area contributed by atoms with E-state index in [4.69, 9.17) is 0 Å². The van der Waals surface area contributed by atoms with Crippen LogP contribution in [0.3, 0.4) is 0 Å². The number of rotatable bonds is 7. The summed E-state index contributed by atoms with van der Waals surface area (Å²) in [4.78, 5) is 4.66. The largest absolute Gasteiger partial charge is 0.357 e. The SMILES string of the molecule is CCNC(=NCc1cccc(-n2cccn2)c1)NCCc1ccc(F)cc1. The van der Waals surface area contributed by atoms with E-state index in [1.165, 1.54) is 12.1 Å². The maximum Gasteiger partial charge on any atom is 0.191 e. The molecule has 6 heteroatoms. The summed E-state index contributed by atoms with van der Waals surface area (Å²) < 4.78 is 14.8. The zero-order valence-electron chi connectivity index (χ0n) is 15.4. The highest BCUT2D eigenvalue weighted by Crippen LogP contribution is 2.10. The van der Waals surface area contributed by atoms with Crippen molar-refractivity contribution >= 4 is 5.96 Å². The lowest BCUT2D eigenvalue weighted by Crippen LogP contribution is -2.38. The van der Waals surface area contributed by atoms with E-state index in [-0.39, 0.29) is 5.82 Å². The number of nitrogens with one attached hydrogen (secondary N) is 2. The number of hydrogen-bond donors (Lipinski definition) is 2. The third kappa shape index (κ3) is 5.67. The van der Waals surface area contributed by atoms with Crippen molar-refractivity contribution in [1.82, 2.24) is 20.4 Å². The van der Waals surface area contributed by atoms with Gasteiger partial charge >= 0.3 is 0 Å². The second kappa shape index (κ2) is 9.52. The minimum absolute atomic E-state index is 0.209. The lowest BCUT2D eigenvalue weighted by atomic mass is 10.1. The molecular formula is C21H24FN5. The molecule has 0 saturated carbocycles. The summed E-state index contributed by atoms with van der Waals surface area (Å²) in [6.07, 6.45) is 4.49. The lowest BCUT2D eigenvalue weighted by Gasteiger charge is -2.11. The third-order valence-electron chi connectivity index (χ3n) is 4.06. The molecule has 27 heavy (non-hydrogen) atoms. The first kappa shape index (κ1) is 18.6. The van der Waals surface area contributed by atoms with Gasteiger partial charge in [-0.2, -0.15) is 5.10 Å². The molecule has 0 atom stereocenters. The molecule has 0 bridgehead atoms. The van der Waals surface area contributed by atoms with Crippen molar-refractivity contribution in [2.75, 3.05) is 13.1 Å². The molecule has 0 amide bonds. The number of halogens is 1. The third-order valence-corrected chi connectivity index (χ3v) is 4.06. The van der Waals surface area contributed by atoms with Crippen LogP contribution in [-0.4, -0.2) is 28.8 Å². The second-order valence-corrected chi connectivity index (χ2v) is 6.12. The Morgan fingerprint density at radius 1 is 1.07 bits per heavy atom. The van der Waals surface area contributed by atoms with Crippen molar-refractivity contribution in [3.05, 3.63) is 83.9 Å². The van der Waals surface area contributed by atoms with E-state index in [0.717, 1.165) is 42.3 Å². The maximum atomic E-state index is 13.0. The summed E-state index contributed by atoms with van der Waals surface area (Å²) in [5, 5.41) is 10.8. The lowest BCUT2D eigenvalue weighted by molar-refractivity contribution is 0.626. The molecule has 0 fully saturated rings. The van der Waals surface area contributed by atoms with Crippen LogP contribution in [0.2, 0.25) is 0 Å². The van der Waals surface area contributed by atoms with Gasteiger partial charge in [0.05, 0.1) is 12.2 Å². The number of nitrogens with zero attached hydrogens (tertiary/aromatic N) is 3. The summed E-state index contributed by atoms with van der Waals surface area (Å²) in [6, 6.07) is 16.7. The summed E-state index contributed by atoms with van der Waals surface area (Å²) in [5.41, 5.74) is 3.22. The fourth-order valence-corrected chi connectivity index (χ4v) is 2.71. The quantitative estimate of drug-likeness (QED) is 0.499. The predicted molar refractivity (Wildman–Crippen MR) is 106 cm³/mol. The van der Waals surface area contributed by atoms with E-state index in [1.54, 1.807) is 6.20 Å². The van der Waals surface area contributed by atoms with Crippen LogP contribution < -0.4 is 10.6 Å². The Hall–Kier alpha value is -3.15. The van der Waals surface area contributed by atoms with Gasteiger partial charge in [0, 0.05) is 25.5 Å². The first-order valence-electron chi connectivity index (χ1n) is 9.10. The number of benzene rings is 2. The second-order valence-electron chi connectivity index (χ2n) is 6.12. The first-order valence-corrected chi connectivity index (χ1v) is 9.10. The highest BCUT2D eigenvalue weighted by atomic mass is 19.1. The Labute approximate surface area is 159 Å². The standard InChI is InChI=1S/C21H24FN5/c1-2-23-21(24-13-11-17-7-9-19(22)10-8-17)25-16-18-5-3-6-20(15-18)27-14-4-12-26-27/h3-10,12,14-15H,2,11,13,16H2,1H3,(H2,23,24,25). The van der Waals surface area contributed by atoms with Gasteiger partial charge in [-0.3, -0.25) is 0 Å². The zero-order valence-corrected chi connectivity index (χ0v) is 15.4. The van der Waals surface area contributed by atoms with Crippen LogP contribution in [0.5, 0.6) is 0 Å². The average Bonchev–Trinajstić information content (AvgIpc) is 3.23. The van der Waals surface area contributed by atoms with E-state index in [0.29, 0.717) is 6.54 Å². The molecule has 2 aromatic carbocycles. The van der Waals surface area contributed by atoms with Crippen LogP contribution in [0.15, 0.2) is 72.0 Å². The van der Waals surface area contributed by atoms with Gasteiger partial charge in [-0.05, 0) is 54.8 Å². The minimum atomic E-state index is -0.209.